The van der Waals surface area contributed by atoms with Crippen molar-refractivity contribution in [1.29, 1.82) is 5.26 Å². The molecule has 7 heteroatoms. The number of amides is 1. The third-order valence-electron chi connectivity index (χ3n) is 1.97. The number of hydrogen-bond donors (Lipinski definition) is 1. The lowest BCUT2D eigenvalue weighted by atomic mass is 10.4. The average molecular weight is 231 g/mol. The van der Waals surface area contributed by atoms with Crippen LogP contribution in [-0.4, -0.2) is 20.8 Å². The van der Waals surface area contributed by atoms with E-state index in [9.17, 15) is 4.79 Å². The van der Waals surface area contributed by atoms with E-state index in [2.05, 4.69) is 15.6 Å². The van der Waals surface area contributed by atoms with Gasteiger partial charge in [-0.2, -0.15) is 10.4 Å². The number of nitrogens with zero attached hydrogens (tertiary/aromatic N) is 4. The summed E-state index contributed by atoms with van der Waals surface area (Å²) in [6.07, 6.45) is 1.60. The molecular weight excluding hydrogens is 222 g/mol. The number of carbonyl (C=O) groups is 1. The summed E-state index contributed by atoms with van der Waals surface area (Å²) in [6.45, 7) is 1.86. The van der Waals surface area contributed by atoms with Crippen molar-refractivity contribution in [2.75, 3.05) is 5.32 Å². The Labute approximate surface area is 96.6 Å². The van der Waals surface area contributed by atoms with Crippen molar-refractivity contribution in [3.8, 4) is 6.07 Å². The van der Waals surface area contributed by atoms with Gasteiger partial charge in [0.2, 0.25) is 5.76 Å². The van der Waals surface area contributed by atoms with Gasteiger partial charge in [0.1, 0.15) is 6.54 Å². The molecule has 0 atom stereocenters. The Morgan fingerprint density at radius 2 is 2.53 bits per heavy atom. The number of carbonyl (C=O) groups excluding carboxylic acids is 1. The maximum atomic E-state index is 11.6. The highest BCUT2D eigenvalue weighted by atomic mass is 16.5. The lowest BCUT2D eigenvalue weighted by Crippen LogP contribution is -2.11. The molecule has 1 N–H and O–H groups in total. The molecular formula is C10H9N5O2. The van der Waals surface area contributed by atoms with Crippen molar-refractivity contribution in [2.24, 2.45) is 0 Å². The van der Waals surface area contributed by atoms with E-state index in [-0.39, 0.29) is 12.3 Å². The number of nitriles is 1. The third-order valence-corrected chi connectivity index (χ3v) is 1.97. The molecule has 86 valence electrons. The van der Waals surface area contributed by atoms with Crippen LogP contribution in [0.5, 0.6) is 0 Å². The Bertz CT molecular complexity index is 578. The summed E-state index contributed by atoms with van der Waals surface area (Å²) in [5.74, 6) is 0.0597. The van der Waals surface area contributed by atoms with Crippen molar-refractivity contribution in [3.63, 3.8) is 0 Å². The molecule has 0 unspecified atom stereocenters. The van der Waals surface area contributed by atoms with Crippen molar-refractivity contribution in [2.45, 2.75) is 13.5 Å². The number of aromatic nitrogens is 3. The fourth-order valence-electron chi connectivity index (χ4n) is 1.24. The number of aryl methyl sites for hydroxylation is 1. The first-order valence-electron chi connectivity index (χ1n) is 4.84. The molecule has 2 rings (SSSR count). The Morgan fingerprint density at radius 3 is 3.18 bits per heavy atom. The molecule has 0 saturated heterocycles. The number of anilines is 1. The predicted molar refractivity (Wildman–Crippen MR) is 57.0 cm³/mol. The molecule has 0 radical (unpaired) electrons. The van der Waals surface area contributed by atoms with Gasteiger partial charge in [-0.05, 0) is 6.92 Å². The lowest BCUT2D eigenvalue weighted by Gasteiger charge is -1.96. The minimum Gasteiger partial charge on any atom is -0.351 e. The van der Waals surface area contributed by atoms with E-state index >= 15 is 0 Å². The summed E-state index contributed by atoms with van der Waals surface area (Å²) in [6, 6.07) is 5.07. The SMILES string of the molecule is Cc1cc(C(=O)Nc2ccn(CC#N)n2)on1. The van der Waals surface area contributed by atoms with Gasteiger partial charge < -0.3 is 9.84 Å². The molecule has 2 heterocycles. The van der Waals surface area contributed by atoms with Crippen molar-refractivity contribution >= 4 is 11.7 Å². The molecule has 0 aliphatic rings. The van der Waals surface area contributed by atoms with Crippen LogP contribution >= 0.6 is 0 Å². The summed E-state index contributed by atoms with van der Waals surface area (Å²) < 4.78 is 6.22. The summed E-state index contributed by atoms with van der Waals surface area (Å²) >= 11 is 0. The molecule has 0 aromatic carbocycles. The molecule has 2 aromatic heterocycles. The van der Waals surface area contributed by atoms with E-state index in [0.29, 0.717) is 11.5 Å². The molecule has 0 aliphatic carbocycles. The zero-order valence-electron chi connectivity index (χ0n) is 9.04. The van der Waals surface area contributed by atoms with Gasteiger partial charge in [-0.25, -0.2) is 0 Å². The molecule has 1 amide bonds. The zero-order chi connectivity index (χ0) is 12.3. The van der Waals surface area contributed by atoms with Crippen LogP contribution < -0.4 is 5.32 Å². The van der Waals surface area contributed by atoms with E-state index in [1.165, 1.54) is 10.7 Å². The number of nitrogens with one attached hydrogen (secondary N) is 1. The molecule has 17 heavy (non-hydrogen) atoms. The highest BCUT2D eigenvalue weighted by molar-refractivity contribution is 6.01. The van der Waals surface area contributed by atoms with Crippen LogP contribution in [0.4, 0.5) is 5.82 Å². The first-order valence-corrected chi connectivity index (χ1v) is 4.84. The average Bonchev–Trinajstić information content (AvgIpc) is 2.88. The van der Waals surface area contributed by atoms with Crippen LogP contribution in [0.1, 0.15) is 16.2 Å². The molecule has 7 nitrogen and oxygen atoms in total. The Balaban J connectivity index is 2.05. The fraction of sp³-hybridized carbons (Fsp3) is 0.200. The minimum atomic E-state index is -0.423. The Kier molecular flexibility index (Phi) is 2.87. The summed E-state index contributed by atoms with van der Waals surface area (Å²) in [5.41, 5.74) is 0.630. The number of rotatable bonds is 3. The van der Waals surface area contributed by atoms with Crippen LogP contribution in [0.3, 0.4) is 0 Å². The normalized spacial score (nSPS) is 9.88. The third kappa shape index (κ3) is 2.49. The van der Waals surface area contributed by atoms with Gasteiger partial charge in [0.05, 0.1) is 11.8 Å². The molecule has 0 fully saturated rings. The molecule has 0 spiro atoms. The summed E-state index contributed by atoms with van der Waals surface area (Å²) in [7, 11) is 0. The van der Waals surface area contributed by atoms with E-state index in [1.807, 2.05) is 6.07 Å². The van der Waals surface area contributed by atoms with Gasteiger partial charge in [-0.15, -0.1) is 0 Å². The van der Waals surface area contributed by atoms with E-state index in [0.717, 1.165) is 0 Å². The Hall–Kier alpha value is -2.62. The van der Waals surface area contributed by atoms with E-state index in [4.69, 9.17) is 9.78 Å². The molecule has 2 aromatic rings. The van der Waals surface area contributed by atoms with Crippen LogP contribution in [-0.2, 0) is 6.54 Å². The van der Waals surface area contributed by atoms with Crippen LogP contribution in [0.15, 0.2) is 22.9 Å². The standard InChI is InChI=1S/C10H9N5O2/c1-7-6-8(17-14-7)10(16)12-9-2-4-15(13-9)5-3-11/h2,4,6H,5H2,1H3,(H,12,13,16). The topological polar surface area (TPSA) is 96.7 Å². The first-order chi connectivity index (χ1) is 8.19. The van der Waals surface area contributed by atoms with Crippen molar-refractivity contribution in [1.82, 2.24) is 14.9 Å². The second-order valence-electron chi connectivity index (χ2n) is 3.34. The minimum absolute atomic E-state index is 0.123. The van der Waals surface area contributed by atoms with E-state index < -0.39 is 5.91 Å². The quantitative estimate of drug-likeness (QED) is 0.848. The van der Waals surface area contributed by atoms with Gasteiger partial charge >= 0.3 is 0 Å². The largest absolute Gasteiger partial charge is 0.351 e. The summed E-state index contributed by atoms with van der Waals surface area (Å²) in [4.78, 5) is 11.6. The van der Waals surface area contributed by atoms with Gasteiger partial charge in [-0.1, -0.05) is 5.16 Å². The maximum absolute atomic E-state index is 11.6. The van der Waals surface area contributed by atoms with Gasteiger partial charge in [0.25, 0.3) is 5.91 Å². The second-order valence-corrected chi connectivity index (χ2v) is 3.34. The molecule has 0 saturated carbocycles. The molecule has 0 aliphatic heterocycles. The van der Waals surface area contributed by atoms with E-state index in [1.54, 1.807) is 19.2 Å². The maximum Gasteiger partial charge on any atom is 0.295 e. The van der Waals surface area contributed by atoms with Crippen molar-refractivity contribution < 1.29 is 9.32 Å². The molecule has 0 bridgehead atoms. The van der Waals surface area contributed by atoms with Crippen molar-refractivity contribution in [3.05, 3.63) is 29.8 Å². The lowest BCUT2D eigenvalue weighted by molar-refractivity contribution is 0.0987. The predicted octanol–water partition coefficient (Wildman–Crippen LogP) is 0.955. The summed E-state index contributed by atoms with van der Waals surface area (Å²) in [5, 5.41) is 18.6. The fourth-order valence-corrected chi connectivity index (χ4v) is 1.24. The second kappa shape index (κ2) is 4.49. The highest BCUT2D eigenvalue weighted by Crippen LogP contribution is 2.07. The number of hydrogen-bond acceptors (Lipinski definition) is 5. The first kappa shape index (κ1) is 10.9. The van der Waals surface area contributed by atoms with Crippen LogP contribution in [0.25, 0.3) is 0 Å². The van der Waals surface area contributed by atoms with Crippen LogP contribution in [0, 0.1) is 18.3 Å². The monoisotopic (exact) mass is 231 g/mol. The van der Waals surface area contributed by atoms with Gasteiger partial charge in [0, 0.05) is 18.3 Å². The Morgan fingerprint density at radius 1 is 1.71 bits per heavy atom. The van der Waals surface area contributed by atoms with Crippen LogP contribution in [0.2, 0.25) is 0 Å². The van der Waals surface area contributed by atoms with Gasteiger partial charge in [0.15, 0.2) is 5.82 Å². The van der Waals surface area contributed by atoms with Gasteiger partial charge in [-0.3, -0.25) is 9.48 Å². The smallest absolute Gasteiger partial charge is 0.295 e. The highest BCUT2D eigenvalue weighted by Gasteiger charge is 2.12. The zero-order valence-corrected chi connectivity index (χ0v) is 9.04.